The van der Waals surface area contributed by atoms with Crippen LogP contribution in [0.5, 0.6) is 0 Å². The van der Waals surface area contributed by atoms with E-state index in [4.69, 9.17) is 0 Å². The number of nitrogens with zero attached hydrogens (tertiary/aromatic N) is 4. The summed E-state index contributed by atoms with van der Waals surface area (Å²) in [5, 5.41) is 3.94. The zero-order chi connectivity index (χ0) is 15.0. The summed E-state index contributed by atoms with van der Waals surface area (Å²) >= 11 is 0. The molecule has 0 radical (unpaired) electrons. The number of carbonyl (C=O) groups excluding carboxylic acids is 1. The second-order valence-corrected chi connectivity index (χ2v) is 4.13. The van der Waals surface area contributed by atoms with Crippen molar-refractivity contribution in [1.29, 1.82) is 0 Å². The molecule has 2 heterocycles. The van der Waals surface area contributed by atoms with Crippen LogP contribution in [0.15, 0.2) is 30.5 Å². The number of esters is 1. The minimum absolute atomic E-state index is 0.123. The third kappa shape index (κ3) is 2.31. The number of halogens is 2. The Balaban J connectivity index is 2.22. The topological polar surface area (TPSA) is 69.4 Å². The lowest BCUT2D eigenvalue weighted by Crippen LogP contribution is -2.04. The van der Waals surface area contributed by atoms with Gasteiger partial charge in [0, 0.05) is 17.8 Å². The third-order valence-corrected chi connectivity index (χ3v) is 2.77. The molecule has 0 amide bonds. The van der Waals surface area contributed by atoms with Crippen molar-refractivity contribution in [3.05, 3.63) is 47.9 Å². The second-order valence-electron chi connectivity index (χ2n) is 4.13. The zero-order valence-corrected chi connectivity index (χ0v) is 10.7. The zero-order valence-electron chi connectivity index (χ0n) is 10.7. The number of ether oxygens (including phenoxy) is 1. The smallest absolute Gasteiger partial charge is 0.378 e. The first-order chi connectivity index (χ1) is 10.1. The van der Waals surface area contributed by atoms with E-state index in [1.165, 1.54) is 23.9 Å². The van der Waals surface area contributed by atoms with Gasteiger partial charge in [0.1, 0.15) is 11.6 Å². The molecular formula is C13H8F2N4O2. The van der Waals surface area contributed by atoms with E-state index in [2.05, 4.69) is 19.8 Å². The fourth-order valence-electron chi connectivity index (χ4n) is 1.89. The summed E-state index contributed by atoms with van der Waals surface area (Å²) < 4.78 is 32.4. The van der Waals surface area contributed by atoms with Crippen molar-refractivity contribution in [1.82, 2.24) is 19.6 Å². The quantitative estimate of drug-likeness (QED) is 0.674. The summed E-state index contributed by atoms with van der Waals surface area (Å²) in [5.74, 6) is -2.23. The van der Waals surface area contributed by atoms with Crippen molar-refractivity contribution >= 4 is 11.7 Å². The highest BCUT2D eigenvalue weighted by Gasteiger charge is 2.16. The minimum Gasteiger partial charge on any atom is -0.463 e. The van der Waals surface area contributed by atoms with Crippen molar-refractivity contribution in [3.8, 4) is 11.3 Å². The molecule has 0 unspecified atom stereocenters. The highest BCUT2D eigenvalue weighted by Crippen LogP contribution is 2.21. The number of fused-ring (bicyclic) bond motifs is 1. The van der Waals surface area contributed by atoms with E-state index in [1.54, 1.807) is 0 Å². The largest absolute Gasteiger partial charge is 0.463 e. The number of hydrogen-bond donors (Lipinski definition) is 0. The maximum absolute atomic E-state index is 13.3. The van der Waals surface area contributed by atoms with Crippen LogP contribution in [-0.4, -0.2) is 32.7 Å². The minimum atomic E-state index is -0.725. The Bertz CT molecular complexity index is 827. The molecule has 0 atom stereocenters. The lowest BCUT2D eigenvalue weighted by atomic mass is 10.1. The predicted molar refractivity (Wildman–Crippen MR) is 67.5 cm³/mol. The van der Waals surface area contributed by atoms with Crippen LogP contribution in [0.3, 0.4) is 0 Å². The number of hydrogen-bond acceptors (Lipinski definition) is 5. The van der Waals surface area contributed by atoms with E-state index in [0.29, 0.717) is 5.69 Å². The van der Waals surface area contributed by atoms with Crippen LogP contribution >= 0.6 is 0 Å². The number of carbonyl (C=O) groups is 1. The lowest BCUT2D eigenvalue weighted by Gasteiger charge is -2.04. The molecule has 2 aromatic heterocycles. The Morgan fingerprint density at radius 3 is 2.62 bits per heavy atom. The first-order valence-corrected chi connectivity index (χ1v) is 5.85. The highest BCUT2D eigenvalue weighted by atomic mass is 19.1. The van der Waals surface area contributed by atoms with Gasteiger partial charge >= 0.3 is 5.97 Å². The molecule has 1 aromatic carbocycles. The van der Waals surface area contributed by atoms with E-state index in [9.17, 15) is 13.6 Å². The molecule has 3 aromatic rings. The third-order valence-electron chi connectivity index (χ3n) is 2.77. The molecule has 0 aliphatic heterocycles. The van der Waals surface area contributed by atoms with Crippen LogP contribution < -0.4 is 0 Å². The fourth-order valence-corrected chi connectivity index (χ4v) is 1.89. The Hall–Kier alpha value is -2.90. The normalized spacial score (nSPS) is 10.8. The molecule has 0 fully saturated rings. The maximum atomic E-state index is 13.3. The van der Waals surface area contributed by atoms with Crippen molar-refractivity contribution in [2.24, 2.45) is 0 Å². The van der Waals surface area contributed by atoms with Gasteiger partial charge in [-0.15, -0.1) is 5.10 Å². The molecule has 3 rings (SSSR count). The Morgan fingerprint density at radius 1 is 1.24 bits per heavy atom. The van der Waals surface area contributed by atoms with Gasteiger partial charge in [-0.05, 0) is 18.2 Å². The average molecular weight is 290 g/mol. The van der Waals surface area contributed by atoms with Crippen molar-refractivity contribution in [3.63, 3.8) is 0 Å². The highest BCUT2D eigenvalue weighted by molar-refractivity contribution is 5.85. The van der Waals surface area contributed by atoms with Crippen molar-refractivity contribution in [2.45, 2.75) is 0 Å². The van der Waals surface area contributed by atoms with Gasteiger partial charge in [0.15, 0.2) is 0 Å². The van der Waals surface area contributed by atoms with Gasteiger partial charge in [0.2, 0.25) is 0 Å². The van der Waals surface area contributed by atoms with E-state index in [0.717, 1.165) is 18.2 Å². The van der Waals surface area contributed by atoms with E-state index < -0.39 is 17.6 Å². The number of methoxy groups -OCH3 is 1. The molecule has 8 heteroatoms. The summed E-state index contributed by atoms with van der Waals surface area (Å²) in [4.78, 5) is 19.3. The standard InChI is InChI=1S/C13H8F2N4O2/c1-21-12(20)11-17-13-16-3-2-10(19(13)18-11)7-4-8(14)6-9(15)5-7/h2-6H,1H3. The SMILES string of the molecule is COC(=O)c1nc2nccc(-c3cc(F)cc(F)c3)n2n1. The summed E-state index contributed by atoms with van der Waals surface area (Å²) in [6, 6.07) is 4.58. The summed E-state index contributed by atoms with van der Waals surface area (Å²) in [6.07, 6.45) is 1.41. The Labute approximate surface area is 117 Å². The maximum Gasteiger partial charge on any atom is 0.378 e. The molecular weight excluding hydrogens is 282 g/mol. The van der Waals surface area contributed by atoms with Crippen LogP contribution in [0, 0.1) is 11.6 Å². The molecule has 0 spiro atoms. The van der Waals surface area contributed by atoms with Crippen LogP contribution in [0.4, 0.5) is 8.78 Å². The molecule has 0 saturated heterocycles. The Morgan fingerprint density at radius 2 is 1.95 bits per heavy atom. The number of rotatable bonds is 2. The van der Waals surface area contributed by atoms with Gasteiger partial charge in [0.05, 0.1) is 12.8 Å². The molecule has 0 bridgehead atoms. The first-order valence-electron chi connectivity index (χ1n) is 5.85. The Kier molecular flexibility index (Phi) is 3.05. The van der Waals surface area contributed by atoms with Crippen LogP contribution in [0.2, 0.25) is 0 Å². The lowest BCUT2D eigenvalue weighted by molar-refractivity contribution is 0.0587. The van der Waals surface area contributed by atoms with Gasteiger partial charge in [-0.25, -0.2) is 18.6 Å². The van der Waals surface area contributed by atoms with Gasteiger partial charge < -0.3 is 4.74 Å². The summed E-state index contributed by atoms with van der Waals surface area (Å²) in [6.45, 7) is 0. The number of aromatic nitrogens is 4. The van der Waals surface area contributed by atoms with Gasteiger partial charge in [-0.1, -0.05) is 0 Å². The second kappa shape index (κ2) is 4.89. The summed E-state index contributed by atoms with van der Waals surface area (Å²) in [5.41, 5.74) is 0.599. The van der Waals surface area contributed by atoms with Gasteiger partial charge in [0.25, 0.3) is 11.6 Å². The van der Waals surface area contributed by atoms with E-state index in [-0.39, 0.29) is 17.2 Å². The molecule has 6 nitrogen and oxygen atoms in total. The fraction of sp³-hybridized carbons (Fsp3) is 0.0769. The van der Waals surface area contributed by atoms with Crippen LogP contribution in [0.1, 0.15) is 10.6 Å². The van der Waals surface area contributed by atoms with Gasteiger partial charge in [-0.3, -0.25) is 0 Å². The first kappa shape index (κ1) is 13.1. The molecule has 0 N–H and O–H groups in total. The van der Waals surface area contributed by atoms with Crippen molar-refractivity contribution in [2.75, 3.05) is 7.11 Å². The predicted octanol–water partition coefficient (Wildman–Crippen LogP) is 1.86. The molecule has 106 valence electrons. The molecule has 21 heavy (non-hydrogen) atoms. The number of benzene rings is 1. The molecule has 0 aliphatic carbocycles. The molecule has 0 saturated carbocycles. The monoisotopic (exact) mass is 290 g/mol. The van der Waals surface area contributed by atoms with E-state index >= 15 is 0 Å². The molecule has 0 aliphatic rings. The summed E-state index contributed by atoms with van der Waals surface area (Å²) in [7, 11) is 1.20. The van der Waals surface area contributed by atoms with Crippen LogP contribution in [-0.2, 0) is 4.74 Å². The van der Waals surface area contributed by atoms with E-state index in [1.807, 2.05) is 0 Å². The average Bonchev–Trinajstić information content (AvgIpc) is 2.89. The van der Waals surface area contributed by atoms with Crippen LogP contribution in [0.25, 0.3) is 17.0 Å². The van der Waals surface area contributed by atoms with Crippen molar-refractivity contribution < 1.29 is 18.3 Å². The van der Waals surface area contributed by atoms with Gasteiger partial charge in [-0.2, -0.15) is 9.50 Å².